The van der Waals surface area contributed by atoms with Crippen molar-refractivity contribution in [1.82, 2.24) is 4.90 Å². The van der Waals surface area contributed by atoms with Crippen LogP contribution in [0.25, 0.3) is 0 Å². The van der Waals surface area contributed by atoms with Crippen LogP contribution in [0.3, 0.4) is 0 Å². The van der Waals surface area contributed by atoms with Crippen molar-refractivity contribution in [2.24, 2.45) is 5.92 Å². The van der Waals surface area contributed by atoms with Crippen molar-refractivity contribution in [2.75, 3.05) is 6.54 Å². The first kappa shape index (κ1) is 12.2. The SMILES string of the molecule is C=CC1CC(=O)N(C(C)c2ccc(Cl)cc2)C1. The van der Waals surface area contributed by atoms with Gasteiger partial charge >= 0.3 is 0 Å². The molecule has 2 rings (SSSR count). The minimum Gasteiger partial charge on any atom is -0.335 e. The smallest absolute Gasteiger partial charge is 0.223 e. The molecule has 90 valence electrons. The zero-order valence-corrected chi connectivity index (χ0v) is 10.7. The number of amides is 1. The second-order valence-electron chi connectivity index (χ2n) is 4.47. The van der Waals surface area contributed by atoms with Crippen molar-refractivity contribution in [1.29, 1.82) is 0 Å². The van der Waals surface area contributed by atoms with Gasteiger partial charge in [0.05, 0.1) is 6.04 Å². The Morgan fingerprint density at radius 1 is 1.47 bits per heavy atom. The van der Waals surface area contributed by atoms with Crippen molar-refractivity contribution in [3.8, 4) is 0 Å². The molecule has 1 aliphatic rings. The second-order valence-corrected chi connectivity index (χ2v) is 4.91. The van der Waals surface area contributed by atoms with Crippen molar-refractivity contribution in [3.05, 3.63) is 47.5 Å². The van der Waals surface area contributed by atoms with Gasteiger partial charge in [0.2, 0.25) is 5.91 Å². The minimum absolute atomic E-state index is 0.102. The molecular formula is C14H16ClNO. The van der Waals surface area contributed by atoms with Crippen molar-refractivity contribution < 1.29 is 4.79 Å². The quantitative estimate of drug-likeness (QED) is 0.752. The molecule has 0 radical (unpaired) electrons. The van der Waals surface area contributed by atoms with E-state index in [0.29, 0.717) is 6.42 Å². The van der Waals surface area contributed by atoms with E-state index < -0.39 is 0 Å². The molecule has 1 fully saturated rings. The standard InChI is InChI=1S/C14H16ClNO/c1-3-11-8-14(17)16(9-11)10(2)12-4-6-13(15)7-5-12/h3-7,10-11H,1,8-9H2,2H3. The van der Waals surface area contributed by atoms with Crippen LogP contribution in [0.1, 0.15) is 24.9 Å². The van der Waals surface area contributed by atoms with Gasteiger partial charge in [0.1, 0.15) is 0 Å². The lowest BCUT2D eigenvalue weighted by Crippen LogP contribution is -2.28. The molecule has 0 N–H and O–H groups in total. The summed E-state index contributed by atoms with van der Waals surface area (Å²) in [5.41, 5.74) is 1.12. The zero-order chi connectivity index (χ0) is 12.4. The lowest BCUT2D eigenvalue weighted by Gasteiger charge is -2.25. The Hall–Kier alpha value is -1.28. The van der Waals surface area contributed by atoms with Gasteiger partial charge in [-0.3, -0.25) is 4.79 Å². The molecule has 1 saturated heterocycles. The van der Waals surface area contributed by atoms with E-state index in [1.165, 1.54) is 0 Å². The maximum Gasteiger partial charge on any atom is 0.223 e. The van der Waals surface area contributed by atoms with Gasteiger partial charge in [0.25, 0.3) is 0 Å². The number of carbonyl (C=O) groups excluding carboxylic acids is 1. The van der Waals surface area contributed by atoms with Crippen molar-refractivity contribution in [2.45, 2.75) is 19.4 Å². The van der Waals surface area contributed by atoms with Gasteiger partial charge in [-0.25, -0.2) is 0 Å². The Morgan fingerprint density at radius 3 is 2.65 bits per heavy atom. The summed E-state index contributed by atoms with van der Waals surface area (Å²) in [6, 6.07) is 7.77. The maximum absolute atomic E-state index is 11.9. The average molecular weight is 250 g/mol. The second kappa shape index (κ2) is 4.92. The Morgan fingerprint density at radius 2 is 2.12 bits per heavy atom. The highest BCUT2D eigenvalue weighted by molar-refractivity contribution is 6.30. The molecule has 0 aromatic heterocycles. The summed E-state index contributed by atoms with van der Waals surface area (Å²) in [5.74, 6) is 0.495. The molecular weight excluding hydrogens is 234 g/mol. The molecule has 3 heteroatoms. The fraction of sp³-hybridized carbons (Fsp3) is 0.357. The van der Waals surface area contributed by atoms with Gasteiger partial charge in [-0.15, -0.1) is 6.58 Å². The summed E-state index contributed by atoms with van der Waals surface area (Å²) in [6.45, 7) is 6.58. The zero-order valence-electron chi connectivity index (χ0n) is 9.90. The Balaban J connectivity index is 2.15. The number of hydrogen-bond donors (Lipinski definition) is 0. The summed E-state index contributed by atoms with van der Waals surface area (Å²) in [5, 5.41) is 0.720. The molecule has 0 bridgehead atoms. The third-order valence-corrected chi connectivity index (χ3v) is 3.59. The van der Waals surface area contributed by atoms with E-state index in [9.17, 15) is 4.79 Å². The molecule has 0 aliphatic carbocycles. The van der Waals surface area contributed by atoms with Crippen molar-refractivity contribution in [3.63, 3.8) is 0 Å². The van der Waals surface area contributed by atoms with E-state index in [1.54, 1.807) is 0 Å². The van der Waals surface area contributed by atoms with E-state index in [1.807, 2.05) is 42.2 Å². The van der Waals surface area contributed by atoms with Gasteiger partial charge in [-0.05, 0) is 24.6 Å². The molecule has 1 aliphatic heterocycles. The van der Waals surface area contributed by atoms with Gasteiger partial charge in [0.15, 0.2) is 0 Å². The third kappa shape index (κ3) is 2.52. The normalized spacial score (nSPS) is 21.6. The van der Waals surface area contributed by atoms with E-state index in [4.69, 9.17) is 11.6 Å². The first-order valence-electron chi connectivity index (χ1n) is 5.79. The molecule has 1 amide bonds. The summed E-state index contributed by atoms with van der Waals surface area (Å²) >= 11 is 5.86. The Kier molecular flexibility index (Phi) is 3.53. The predicted molar refractivity (Wildman–Crippen MR) is 69.9 cm³/mol. The molecule has 2 unspecified atom stereocenters. The highest BCUT2D eigenvalue weighted by Crippen LogP contribution is 2.29. The lowest BCUT2D eigenvalue weighted by atomic mass is 10.1. The first-order valence-corrected chi connectivity index (χ1v) is 6.17. The minimum atomic E-state index is 0.102. The summed E-state index contributed by atoms with van der Waals surface area (Å²) in [7, 11) is 0. The van der Waals surface area contributed by atoms with E-state index in [2.05, 4.69) is 6.58 Å². The van der Waals surface area contributed by atoms with Gasteiger partial charge in [0, 0.05) is 23.9 Å². The van der Waals surface area contributed by atoms with Crippen LogP contribution >= 0.6 is 11.6 Å². The Labute approximate surface area is 107 Å². The van der Waals surface area contributed by atoms with Crippen LogP contribution < -0.4 is 0 Å². The van der Waals surface area contributed by atoms with Gasteiger partial charge in [-0.2, -0.15) is 0 Å². The molecule has 2 atom stereocenters. The number of nitrogens with zero attached hydrogens (tertiary/aromatic N) is 1. The fourth-order valence-corrected chi connectivity index (χ4v) is 2.34. The van der Waals surface area contributed by atoms with Crippen LogP contribution in [-0.2, 0) is 4.79 Å². The van der Waals surface area contributed by atoms with Gasteiger partial charge < -0.3 is 4.90 Å². The van der Waals surface area contributed by atoms with Crippen LogP contribution in [0, 0.1) is 5.92 Å². The van der Waals surface area contributed by atoms with Crippen molar-refractivity contribution >= 4 is 17.5 Å². The van der Waals surface area contributed by atoms with E-state index >= 15 is 0 Å². The largest absolute Gasteiger partial charge is 0.335 e. The topological polar surface area (TPSA) is 20.3 Å². The highest BCUT2D eigenvalue weighted by Gasteiger charge is 2.31. The van der Waals surface area contributed by atoms with Crippen LogP contribution in [0.2, 0.25) is 5.02 Å². The predicted octanol–water partition coefficient (Wildman–Crippen LogP) is 3.44. The van der Waals surface area contributed by atoms with E-state index in [-0.39, 0.29) is 17.9 Å². The number of rotatable bonds is 3. The molecule has 1 heterocycles. The highest BCUT2D eigenvalue weighted by atomic mass is 35.5. The molecule has 0 spiro atoms. The number of likely N-dealkylation sites (tertiary alicyclic amines) is 1. The number of carbonyl (C=O) groups is 1. The monoisotopic (exact) mass is 249 g/mol. The average Bonchev–Trinajstić information content (AvgIpc) is 2.71. The lowest BCUT2D eigenvalue weighted by molar-refractivity contribution is -0.129. The molecule has 0 saturated carbocycles. The summed E-state index contributed by atoms with van der Waals surface area (Å²) in [4.78, 5) is 13.8. The van der Waals surface area contributed by atoms with Crippen LogP contribution in [-0.4, -0.2) is 17.4 Å². The molecule has 17 heavy (non-hydrogen) atoms. The van der Waals surface area contributed by atoms with Crippen LogP contribution in [0.4, 0.5) is 0 Å². The maximum atomic E-state index is 11.9. The van der Waals surface area contributed by atoms with Crippen LogP contribution in [0.15, 0.2) is 36.9 Å². The number of benzene rings is 1. The first-order chi connectivity index (χ1) is 8.11. The summed E-state index contributed by atoms with van der Waals surface area (Å²) in [6.07, 6.45) is 2.45. The number of halogens is 1. The Bertz CT molecular complexity index is 426. The van der Waals surface area contributed by atoms with Crippen LogP contribution in [0.5, 0.6) is 0 Å². The summed E-state index contributed by atoms with van der Waals surface area (Å²) < 4.78 is 0. The van der Waals surface area contributed by atoms with E-state index in [0.717, 1.165) is 17.1 Å². The molecule has 1 aromatic carbocycles. The van der Waals surface area contributed by atoms with Gasteiger partial charge in [-0.1, -0.05) is 29.8 Å². The fourth-order valence-electron chi connectivity index (χ4n) is 2.21. The molecule has 2 nitrogen and oxygen atoms in total. The molecule has 1 aromatic rings. The third-order valence-electron chi connectivity index (χ3n) is 3.34. The number of hydrogen-bond acceptors (Lipinski definition) is 1.